The van der Waals surface area contributed by atoms with Crippen molar-refractivity contribution < 1.29 is 28.7 Å². The SMILES string of the molecule is C=Cc1cccc(C(C(=O)NCCC(=O)OCC)N(CCCCCCC)C(=O)C(Cc2ccccc2)NC(=O)OC(C)(C)C)c1. The highest BCUT2D eigenvalue weighted by Crippen LogP contribution is 2.26. The number of benzene rings is 2. The van der Waals surface area contributed by atoms with Crippen molar-refractivity contribution in [2.45, 2.75) is 97.2 Å². The summed E-state index contributed by atoms with van der Waals surface area (Å²) < 4.78 is 10.5. The highest BCUT2D eigenvalue weighted by Gasteiger charge is 2.36. The van der Waals surface area contributed by atoms with Gasteiger partial charge in [-0.25, -0.2) is 4.79 Å². The average Bonchev–Trinajstić information content (AvgIpc) is 2.99. The molecule has 0 fully saturated rings. The molecule has 2 unspecified atom stereocenters. The van der Waals surface area contributed by atoms with Crippen molar-refractivity contribution in [2.24, 2.45) is 0 Å². The van der Waals surface area contributed by atoms with Crippen molar-refractivity contribution in [1.29, 1.82) is 0 Å². The van der Waals surface area contributed by atoms with E-state index in [2.05, 4.69) is 24.1 Å². The first-order valence-corrected chi connectivity index (χ1v) is 16.0. The van der Waals surface area contributed by atoms with Crippen LogP contribution in [0, 0.1) is 0 Å². The molecule has 0 saturated carbocycles. The van der Waals surface area contributed by atoms with Gasteiger partial charge in [0.1, 0.15) is 17.7 Å². The predicted molar refractivity (Wildman–Crippen MR) is 177 cm³/mol. The van der Waals surface area contributed by atoms with Gasteiger partial charge in [-0.2, -0.15) is 0 Å². The summed E-state index contributed by atoms with van der Waals surface area (Å²) in [4.78, 5) is 55.1. The van der Waals surface area contributed by atoms with Crippen LogP contribution in [0.3, 0.4) is 0 Å². The topological polar surface area (TPSA) is 114 Å². The number of hydrogen-bond donors (Lipinski definition) is 2. The second kappa shape index (κ2) is 19.3. The molecule has 2 aromatic carbocycles. The molecule has 2 aromatic rings. The molecule has 9 heteroatoms. The Labute approximate surface area is 268 Å². The monoisotopic (exact) mass is 621 g/mol. The van der Waals surface area contributed by atoms with Crippen molar-refractivity contribution in [2.75, 3.05) is 19.7 Å². The predicted octanol–water partition coefficient (Wildman–Crippen LogP) is 6.38. The molecule has 0 aliphatic carbocycles. The van der Waals surface area contributed by atoms with Crippen LogP contribution in [0.4, 0.5) is 4.79 Å². The number of carbonyl (C=O) groups excluding carboxylic acids is 4. The largest absolute Gasteiger partial charge is 0.466 e. The van der Waals surface area contributed by atoms with Gasteiger partial charge in [-0.05, 0) is 56.9 Å². The second-order valence-corrected chi connectivity index (χ2v) is 12.0. The van der Waals surface area contributed by atoms with Gasteiger partial charge in [0.2, 0.25) is 11.8 Å². The lowest BCUT2D eigenvalue weighted by molar-refractivity contribution is -0.144. The van der Waals surface area contributed by atoms with Crippen molar-refractivity contribution in [3.63, 3.8) is 0 Å². The molecule has 2 rings (SSSR count). The molecular weight excluding hydrogens is 570 g/mol. The first-order chi connectivity index (χ1) is 21.5. The zero-order valence-corrected chi connectivity index (χ0v) is 27.6. The molecule has 3 amide bonds. The summed E-state index contributed by atoms with van der Waals surface area (Å²) >= 11 is 0. The Balaban J connectivity index is 2.54. The summed E-state index contributed by atoms with van der Waals surface area (Å²) in [6, 6.07) is 14.7. The van der Waals surface area contributed by atoms with Gasteiger partial charge in [0.05, 0.1) is 13.0 Å². The molecule has 2 atom stereocenters. The summed E-state index contributed by atoms with van der Waals surface area (Å²) in [7, 11) is 0. The van der Waals surface area contributed by atoms with Gasteiger partial charge in [-0.3, -0.25) is 14.4 Å². The number of amides is 3. The van der Waals surface area contributed by atoms with Gasteiger partial charge in [0.15, 0.2) is 0 Å². The molecule has 0 heterocycles. The smallest absolute Gasteiger partial charge is 0.408 e. The highest BCUT2D eigenvalue weighted by atomic mass is 16.6. The lowest BCUT2D eigenvalue weighted by Gasteiger charge is -2.35. The van der Waals surface area contributed by atoms with Crippen LogP contribution >= 0.6 is 0 Å². The van der Waals surface area contributed by atoms with E-state index in [9.17, 15) is 19.2 Å². The Morgan fingerprint density at radius 3 is 2.31 bits per heavy atom. The van der Waals surface area contributed by atoms with Crippen molar-refractivity contribution in [3.05, 3.63) is 77.9 Å². The van der Waals surface area contributed by atoms with Gasteiger partial charge >= 0.3 is 12.1 Å². The van der Waals surface area contributed by atoms with Crippen molar-refractivity contribution in [1.82, 2.24) is 15.5 Å². The minimum atomic E-state index is -1.02. The standard InChI is InChI=1S/C36H51N3O6/c1-7-10-11-12-16-24-39(34(42)30(26-28-18-14-13-15-19-28)38-35(43)45-36(4,5)6)32(29-21-17-20-27(8-2)25-29)33(41)37-23-22-31(40)44-9-3/h8,13-15,17-21,25,30,32H,2,7,9-12,16,22-24,26H2,1,3-6H3,(H,37,41)(H,38,43). The van der Waals surface area contributed by atoms with Crippen LogP contribution in [0.2, 0.25) is 0 Å². The van der Waals surface area contributed by atoms with E-state index in [-0.39, 0.29) is 32.5 Å². The maximum Gasteiger partial charge on any atom is 0.408 e. The van der Waals surface area contributed by atoms with Crippen LogP contribution in [0.15, 0.2) is 61.2 Å². The number of unbranched alkanes of at least 4 members (excludes halogenated alkanes) is 4. The minimum Gasteiger partial charge on any atom is -0.466 e. The lowest BCUT2D eigenvalue weighted by atomic mass is 9.98. The fraction of sp³-hybridized carbons (Fsp3) is 0.500. The van der Waals surface area contributed by atoms with Crippen LogP contribution in [0.1, 0.15) is 95.9 Å². The zero-order chi connectivity index (χ0) is 33.2. The number of hydrogen-bond acceptors (Lipinski definition) is 6. The highest BCUT2D eigenvalue weighted by molar-refractivity contribution is 5.92. The molecule has 0 aromatic heterocycles. The molecule has 9 nitrogen and oxygen atoms in total. The first kappa shape index (κ1) is 37.0. The Morgan fingerprint density at radius 1 is 0.956 bits per heavy atom. The molecule has 0 saturated heterocycles. The van der Waals surface area contributed by atoms with E-state index < -0.39 is 41.6 Å². The summed E-state index contributed by atoms with van der Waals surface area (Å²) in [5, 5.41) is 5.63. The Morgan fingerprint density at radius 2 is 1.67 bits per heavy atom. The maximum absolute atomic E-state index is 14.6. The Bertz CT molecular complexity index is 1240. The fourth-order valence-corrected chi connectivity index (χ4v) is 4.90. The minimum absolute atomic E-state index is 0.000787. The van der Waals surface area contributed by atoms with E-state index >= 15 is 0 Å². The first-order valence-electron chi connectivity index (χ1n) is 16.0. The van der Waals surface area contributed by atoms with Gasteiger partial charge in [0, 0.05) is 19.5 Å². The number of esters is 1. The summed E-state index contributed by atoms with van der Waals surface area (Å²) in [5.41, 5.74) is 1.47. The van der Waals surface area contributed by atoms with E-state index in [0.29, 0.717) is 12.0 Å². The van der Waals surface area contributed by atoms with E-state index in [4.69, 9.17) is 9.47 Å². The van der Waals surface area contributed by atoms with Crippen LogP contribution < -0.4 is 10.6 Å². The van der Waals surface area contributed by atoms with E-state index in [0.717, 1.165) is 36.8 Å². The molecule has 0 radical (unpaired) electrons. The third-order valence-corrected chi connectivity index (χ3v) is 7.01. The number of carbonyl (C=O) groups is 4. The molecular formula is C36H51N3O6. The molecule has 2 N–H and O–H groups in total. The lowest BCUT2D eigenvalue weighted by Crippen LogP contribution is -2.54. The Kier molecular flexibility index (Phi) is 15.9. The molecule has 0 aliphatic heterocycles. The zero-order valence-electron chi connectivity index (χ0n) is 27.6. The number of rotatable bonds is 18. The van der Waals surface area contributed by atoms with Crippen LogP contribution in [-0.2, 0) is 30.3 Å². The average molecular weight is 622 g/mol. The summed E-state index contributed by atoms with van der Waals surface area (Å²) in [5.74, 6) is -1.26. The van der Waals surface area contributed by atoms with E-state index in [1.54, 1.807) is 44.7 Å². The molecule has 0 bridgehead atoms. The van der Waals surface area contributed by atoms with Crippen molar-refractivity contribution >= 4 is 30.0 Å². The third-order valence-electron chi connectivity index (χ3n) is 7.01. The molecule has 246 valence electrons. The van der Waals surface area contributed by atoms with Gasteiger partial charge < -0.3 is 25.0 Å². The number of nitrogens with one attached hydrogen (secondary N) is 2. The molecule has 45 heavy (non-hydrogen) atoms. The summed E-state index contributed by atoms with van der Waals surface area (Å²) in [6.45, 7) is 13.6. The Hall–Kier alpha value is -4.14. The van der Waals surface area contributed by atoms with Crippen LogP contribution in [0.25, 0.3) is 6.08 Å². The van der Waals surface area contributed by atoms with Crippen molar-refractivity contribution in [3.8, 4) is 0 Å². The second-order valence-electron chi connectivity index (χ2n) is 12.0. The van der Waals surface area contributed by atoms with E-state index in [1.807, 2.05) is 48.5 Å². The fourth-order valence-electron chi connectivity index (χ4n) is 4.90. The quantitative estimate of drug-likeness (QED) is 0.148. The molecule has 0 aliphatic rings. The number of nitrogens with zero attached hydrogens (tertiary/aromatic N) is 1. The van der Waals surface area contributed by atoms with Gasteiger partial charge in [0.25, 0.3) is 0 Å². The molecule has 0 spiro atoms. The third kappa shape index (κ3) is 13.6. The number of ether oxygens (including phenoxy) is 2. The van der Waals surface area contributed by atoms with Gasteiger partial charge in [-0.1, -0.05) is 93.8 Å². The summed E-state index contributed by atoms with van der Waals surface area (Å²) in [6.07, 6.45) is 5.86. The van der Waals surface area contributed by atoms with Crippen LogP contribution in [-0.4, -0.2) is 60.1 Å². The maximum atomic E-state index is 14.6. The van der Waals surface area contributed by atoms with E-state index in [1.165, 1.54) is 0 Å². The van der Waals surface area contributed by atoms with Crippen LogP contribution in [0.5, 0.6) is 0 Å². The number of alkyl carbamates (subject to hydrolysis) is 1. The van der Waals surface area contributed by atoms with Gasteiger partial charge in [-0.15, -0.1) is 0 Å². The normalized spacial score (nSPS) is 12.4.